The van der Waals surface area contributed by atoms with Gasteiger partial charge in [-0.2, -0.15) is 0 Å². The van der Waals surface area contributed by atoms with Crippen LogP contribution >= 0.6 is 0 Å². The van der Waals surface area contributed by atoms with Crippen LogP contribution in [0.15, 0.2) is 0 Å². The number of amides is 3. The Morgan fingerprint density at radius 2 is 1.90 bits per heavy atom. The van der Waals surface area contributed by atoms with Crippen LogP contribution in [0.1, 0.15) is 58.3 Å². The number of carboxylic acid groups (broad SMARTS) is 1. The number of imide groups is 1. The predicted octanol–water partition coefficient (Wildman–Crippen LogP) is 2.04. The number of carboxylic acids is 1. The molecule has 1 aliphatic carbocycles. The maximum Gasteiger partial charge on any atom is 0.322 e. The van der Waals surface area contributed by atoms with Crippen LogP contribution in [0, 0.1) is 11.8 Å². The van der Waals surface area contributed by atoms with E-state index in [2.05, 4.69) is 17.6 Å². The first kappa shape index (κ1) is 15.8. The third kappa shape index (κ3) is 3.36. The Kier molecular flexibility index (Phi) is 4.85. The van der Waals surface area contributed by atoms with Crippen LogP contribution in [-0.4, -0.2) is 28.6 Å². The summed E-state index contributed by atoms with van der Waals surface area (Å²) < 4.78 is 0. The van der Waals surface area contributed by atoms with Gasteiger partial charge in [0.25, 0.3) is 5.91 Å². The normalized spacial score (nSPS) is 30.9. The first-order valence-corrected chi connectivity index (χ1v) is 7.87. The average Bonchev–Trinajstić information content (AvgIpc) is 3.17. The molecule has 0 aromatic rings. The van der Waals surface area contributed by atoms with Gasteiger partial charge in [0.2, 0.25) is 0 Å². The zero-order valence-corrected chi connectivity index (χ0v) is 12.5. The Hall–Kier alpha value is -1.59. The number of carbonyl (C=O) groups is 3. The van der Waals surface area contributed by atoms with Gasteiger partial charge in [-0.05, 0) is 12.8 Å². The SMILES string of the molecule is CCCCCCCCC1([C@H]2C[C@@H]2C(=O)O)NC(=O)NC1=O. The lowest BCUT2D eigenvalue weighted by molar-refractivity contribution is -0.139. The number of aliphatic carboxylic acids is 1. The molecule has 0 spiro atoms. The lowest BCUT2D eigenvalue weighted by Gasteiger charge is -2.26. The lowest BCUT2D eigenvalue weighted by Crippen LogP contribution is -2.49. The number of urea groups is 1. The summed E-state index contributed by atoms with van der Waals surface area (Å²) in [5.41, 5.74) is -0.995. The van der Waals surface area contributed by atoms with Crippen LogP contribution in [0.5, 0.6) is 0 Å². The van der Waals surface area contributed by atoms with Gasteiger partial charge in [-0.3, -0.25) is 14.9 Å². The van der Waals surface area contributed by atoms with Crippen LogP contribution in [0.25, 0.3) is 0 Å². The molecule has 1 aliphatic heterocycles. The fraction of sp³-hybridized carbons (Fsp3) is 0.800. The van der Waals surface area contributed by atoms with Crippen LogP contribution in [0.4, 0.5) is 4.79 Å². The van der Waals surface area contributed by atoms with Crippen molar-refractivity contribution in [1.82, 2.24) is 10.6 Å². The molecule has 0 bridgehead atoms. The monoisotopic (exact) mass is 296 g/mol. The second-order valence-corrected chi connectivity index (χ2v) is 6.18. The fourth-order valence-corrected chi connectivity index (χ4v) is 3.32. The van der Waals surface area contributed by atoms with Crippen LogP contribution in [0.2, 0.25) is 0 Å². The van der Waals surface area contributed by atoms with Crippen molar-refractivity contribution in [2.24, 2.45) is 11.8 Å². The van der Waals surface area contributed by atoms with Gasteiger partial charge in [-0.1, -0.05) is 45.4 Å². The molecule has 0 radical (unpaired) electrons. The quantitative estimate of drug-likeness (QED) is 0.448. The van der Waals surface area contributed by atoms with E-state index < -0.39 is 23.5 Å². The van der Waals surface area contributed by atoms with Crippen molar-refractivity contribution < 1.29 is 19.5 Å². The van der Waals surface area contributed by atoms with Gasteiger partial charge in [0.05, 0.1) is 5.92 Å². The minimum Gasteiger partial charge on any atom is -0.481 e. The molecule has 2 aliphatic rings. The summed E-state index contributed by atoms with van der Waals surface area (Å²) in [5, 5.41) is 14.0. The summed E-state index contributed by atoms with van der Waals surface area (Å²) in [7, 11) is 0. The summed E-state index contributed by atoms with van der Waals surface area (Å²) in [6.07, 6.45) is 7.55. The van der Waals surface area contributed by atoms with Crippen molar-refractivity contribution in [3.8, 4) is 0 Å². The summed E-state index contributed by atoms with van der Waals surface area (Å²) in [6.45, 7) is 2.16. The number of hydrogen-bond donors (Lipinski definition) is 3. The van der Waals surface area contributed by atoms with Gasteiger partial charge in [-0.25, -0.2) is 4.79 Å². The molecular weight excluding hydrogens is 272 g/mol. The summed E-state index contributed by atoms with van der Waals surface area (Å²) in [4.78, 5) is 34.7. The standard InChI is InChI=1S/C15H24N2O4/c1-2-3-4-5-6-7-8-15(11-9-10(11)12(18)19)13(20)16-14(21)17-15/h10-11H,2-9H2,1H3,(H,18,19)(H2,16,17,20,21)/t10-,11-,15?/m0/s1. The summed E-state index contributed by atoms with van der Waals surface area (Å²) in [5.74, 6) is -2.00. The number of hydrogen-bond acceptors (Lipinski definition) is 3. The number of unbranched alkanes of at least 4 members (excludes halogenated alkanes) is 5. The van der Waals surface area contributed by atoms with Gasteiger partial charge in [0.15, 0.2) is 0 Å². The van der Waals surface area contributed by atoms with Crippen LogP contribution < -0.4 is 10.6 Å². The zero-order valence-electron chi connectivity index (χ0n) is 12.5. The first-order chi connectivity index (χ1) is 10.0. The van der Waals surface area contributed by atoms with E-state index in [1.807, 2.05) is 0 Å². The van der Waals surface area contributed by atoms with Gasteiger partial charge in [0.1, 0.15) is 5.54 Å². The van der Waals surface area contributed by atoms with Crippen molar-refractivity contribution in [1.29, 1.82) is 0 Å². The van der Waals surface area contributed by atoms with Gasteiger partial charge >= 0.3 is 12.0 Å². The number of carbonyl (C=O) groups excluding carboxylic acids is 2. The van der Waals surface area contributed by atoms with Gasteiger partial charge < -0.3 is 10.4 Å². The Bertz CT molecular complexity index is 437. The Labute approximate surface area is 124 Å². The van der Waals surface area contributed by atoms with E-state index in [0.29, 0.717) is 12.8 Å². The highest BCUT2D eigenvalue weighted by molar-refractivity contribution is 6.07. The highest BCUT2D eigenvalue weighted by Crippen LogP contribution is 2.49. The van der Waals surface area contributed by atoms with Crippen LogP contribution in [0.3, 0.4) is 0 Å². The molecule has 0 aromatic heterocycles. The van der Waals surface area contributed by atoms with Crippen molar-refractivity contribution in [3.05, 3.63) is 0 Å². The largest absolute Gasteiger partial charge is 0.481 e. The third-order valence-electron chi connectivity index (χ3n) is 4.63. The molecule has 2 fully saturated rings. The van der Waals surface area contributed by atoms with Crippen LogP contribution in [-0.2, 0) is 9.59 Å². The minimum atomic E-state index is -0.995. The molecule has 1 saturated carbocycles. The van der Waals surface area contributed by atoms with E-state index >= 15 is 0 Å². The maximum absolute atomic E-state index is 12.1. The van der Waals surface area contributed by atoms with Gasteiger partial charge in [-0.15, -0.1) is 0 Å². The molecule has 6 nitrogen and oxygen atoms in total. The van der Waals surface area contributed by atoms with Crippen molar-refractivity contribution in [3.63, 3.8) is 0 Å². The van der Waals surface area contributed by atoms with E-state index in [1.54, 1.807) is 0 Å². The van der Waals surface area contributed by atoms with Crippen molar-refractivity contribution in [2.75, 3.05) is 0 Å². The molecule has 6 heteroatoms. The minimum absolute atomic E-state index is 0.267. The molecule has 3 N–H and O–H groups in total. The fourth-order valence-electron chi connectivity index (χ4n) is 3.32. The third-order valence-corrected chi connectivity index (χ3v) is 4.63. The van der Waals surface area contributed by atoms with E-state index in [4.69, 9.17) is 5.11 Å². The smallest absolute Gasteiger partial charge is 0.322 e. The molecule has 0 aromatic carbocycles. The average molecular weight is 296 g/mol. The number of nitrogens with one attached hydrogen (secondary N) is 2. The van der Waals surface area contributed by atoms with E-state index in [1.165, 1.54) is 19.3 Å². The van der Waals surface area contributed by atoms with Gasteiger partial charge in [0, 0.05) is 5.92 Å². The summed E-state index contributed by atoms with van der Waals surface area (Å²) in [6, 6.07) is -0.498. The summed E-state index contributed by atoms with van der Waals surface area (Å²) >= 11 is 0. The zero-order chi connectivity index (χ0) is 15.5. The molecule has 3 amide bonds. The van der Waals surface area contributed by atoms with E-state index in [-0.39, 0.29) is 11.8 Å². The molecular formula is C15H24N2O4. The molecule has 3 atom stereocenters. The first-order valence-electron chi connectivity index (χ1n) is 7.87. The second kappa shape index (κ2) is 6.45. The molecule has 1 saturated heterocycles. The highest BCUT2D eigenvalue weighted by Gasteiger charge is 2.62. The molecule has 1 unspecified atom stereocenters. The van der Waals surface area contributed by atoms with Crippen molar-refractivity contribution in [2.45, 2.75) is 63.8 Å². The highest BCUT2D eigenvalue weighted by atomic mass is 16.4. The molecule has 118 valence electrons. The molecule has 1 heterocycles. The maximum atomic E-state index is 12.1. The Balaban J connectivity index is 1.90. The lowest BCUT2D eigenvalue weighted by atomic mass is 9.85. The van der Waals surface area contributed by atoms with E-state index in [9.17, 15) is 14.4 Å². The second-order valence-electron chi connectivity index (χ2n) is 6.18. The Morgan fingerprint density at radius 3 is 2.43 bits per heavy atom. The topological polar surface area (TPSA) is 95.5 Å². The molecule has 21 heavy (non-hydrogen) atoms. The van der Waals surface area contributed by atoms with E-state index in [0.717, 1.165) is 19.3 Å². The predicted molar refractivity (Wildman–Crippen MR) is 76.6 cm³/mol. The van der Waals surface area contributed by atoms with Crippen molar-refractivity contribution >= 4 is 17.9 Å². The molecule has 2 rings (SSSR count). The number of rotatable bonds is 9. The Morgan fingerprint density at radius 1 is 1.24 bits per heavy atom.